The van der Waals surface area contributed by atoms with E-state index in [0.717, 1.165) is 0 Å². The summed E-state index contributed by atoms with van der Waals surface area (Å²) in [6.45, 7) is 5.18. The predicted molar refractivity (Wildman–Crippen MR) is 348 cm³/mol. The Morgan fingerprint density at radius 1 is 0.562 bits per heavy atom. The first-order valence-corrected chi connectivity index (χ1v) is 31.6. The lowest BCUT2D eigenvalue weighted by molar-refractivity contribution is -0.143. The number of guanidine groups is 1. The summed E-state index contributed by atoms with van der Waals surface area (Å²) in [5.41, 5.74) is 18.1. The van der Waals surface area contributed by atoms with Crippen molar-refractivity contribution in [3.63, 3.8) is 0 Å². The summed E-state index contributed by atoms with van der Waals surface area (Å²) in [5, 5.41) is 64.7. The topological polar surface area (TPSA) is 517 Å². The molecule has 0 aliphatic carbocycles. The lowest BCUT2D eigenvalue weighted by atomic mass is 9.96. The van der Waals surface area contributed by atoms with Crippen LogP contribution in [0.5, 0.6) is 11.5 Å². The molecule has 0 bridgehead atoms. The van der Waals surface area contributed by atoms with Crippen molar-refractivity contribution in [2.75, 3.05) is 32.7 Å². The number of aliphatic carboxylic acids is 2. The van der Waals surface area contributed by atoms with Crippen LogP contribution in [0.3, 0.4) is 0 Å². The molecule has 20 N–H and O–H groups in total. The highest BCUT2D eigenvalue weighted by Gasteiger charge is 2.40. The second-order valence-electron chi connectivity index (χ2n) is 23.3. The highest BCUT2D eigenvalue weighted by molar-refractivity contribution is 5.99. The van der Waals surface area contributed by atoms with Gasteiger partial charge in [0.05, 0.1) is 13.1 Å². The fourth-order valence-electron chi connectivity index (χ4n) is 10.2. The minimum atomic E-state index is -1.62. The third kappa shape index (κ3) is 27.3. The van der Waals surface area contributed by atoms with Gasteiger partial charge in [0.1, 0.15) is 65.9 Å². The van der Waals surface area contributed by atoms with Crippen molar-refractivity contribution in [3.05, 3.63) is 95.6 Å². The first-order chi connectivity index (χ1) is 45.6. The summed E-state index contributed by atoms with van der Waals surface area (Å²) in [7, 11) is 0. The van der Waals surface area contributed by atoms with Crippen LogP contribution in [0.25, 0.3) is 0 Å². The third-order valence-corrected chi connectivity index (χ3v) is 15.7. The molecule has 32 heteroatoms. The number of likely N-dealkylation sites (tertiary alicyclic amines) is 1. The Bertz CT molecular complexity index is 3190. The van der Waals surface area contributed by atoms with E-state index in [2.05, 4.69) is 58.2 Å². The van der Waals surface area contributed by atoms with Gasteiger partial charge in [0.25, 0.3) is 0 Å². The maximum Gasteiger partial charge on any atom is 0.326 e. The van der Waals surface area contributed by atoms with E-state index in [0.29, 0.717) is 42.5 Å². The number of carbonyl (C=O) groups excluding carboxylic acids is 11. The number of aliphatic imine (C=N–C) groups is 1. The Morgan fingerprint density at radius 3 is 1.64 bits per heavy atom. The van der Waals surface area contributed by atoms with E-state index in [9.17, 15) is 82.8 Å². The molecule has 1 aliphatic heterocycles. The van der Waals surface area contributed by atoms with E-state index in [1.165, 1.54) is 67.3 Å². The molecule has 1 fully saturated rings. The molecule has 10 atom stereocenters. The predicted octanol–water partition coefficient (Wildman–Crippen LogP) is -2.55. The SMILES string of the molecule is CCC(C)[C@H](NC(=O)[C@H](Cc1ccccc1)NC(=O)[C@H](C)NC(=O)[C@H](Cc1ccc(O)cc1)NC(=O)CNC(=O)[C@H](CCCN=C(N)N)NC(=O)[C@@H]1CCCN1C(=O)[C@H](CCCCN)NC(=O)CNC(C)=O)C(=O)N[C@@H](CCC(=O)O)C(=O)N[C@@H](Cc1ccc(O)cc1)C(=O)O. The summed E-state index contributed by atoms with van der Waals surface area (Å²) in [5.74, 6) is -12.7. The molecule has 32 nitrogen and oxygen atoms in total. The number of aromatic hydroxyl groups is 2. The smallest absolute Gasteiger partial charge is 0.326 e. The van der Waals surface area contributed by atoms with E-state index < -0.39 is 163 Å². The maximum atomic E-state index is 14.5. The first-order valence-electron chi connectivity index (χ1n) is 31.6. The number of phenolic OH excluding ortho intramolecular Hbond substituents is 2. The van der Waals surface area contributed by atoms with Crippen LogP contribution in [0, 0.1) is 5.92 Å². The summed E-state index contributed by atoms with van der Waals surface area (Å²) in [6, 6.07) is 7.09. The van der Waals surface area contributed by atoms with Gasteiger partial charge < -0.3 is 95.7 Å². The van der Waals surface area contributed by atoms with Crippen molar-refractivity contribution >= 4 is 82.9 Å². The second-order valence-corrected chi connectivity index (χ2v) is 23.3. The average molecular weight is 1340 g/mol. The Morgan fingerprint density at radius 2 is 1.07 bits per heavy atom. The number of hydrogen-bond acceptors (Lipinski definition) is 17. The Kier molecular flexibility index (Phi) is 32.5. The average Bonchev–Trinajstić information content (AvgIpc) is 1.61. The minimum absolute atomic E-state index is 0.0377. The van der Waals surface area contributed by atoms with Crippen LogP contribution in [-0.2, 0) is 81.6 Å². The quantitative estimate of drug-likeness (QED) is 0.0158. The van der Waals surface area contributed by atoms with Crippen molar-refractivity contribution < 1.29 is 82.8 Å². The fourth-order valence-corrected chi connectivity index (χ4v) is 10.2. The van der Waals surface area contributed by atoms with Gasteiger partial charge in [-0.15, -0.1) is 0 Å². The van der Waals surface area contributed by atoms with Crippen LogP contribution in [0.2, 0.25) is 0 Å². The number of carbonyl (C=O) groups is 13. The van der Waals surface area contributed by atoms with E-state index in [1.54, 1.807) is 44.2 Å². The number of rotatable bonds is 40. The number of carboxylic acid groups (broad SMARTS) is 2. The highest BCUT2D eigenvalue weighted by atomic mass is 16.4. The summed E-state index contributed by atoms with van der Waals surface area (Å²) in [4.78, 5) is 180. The van der Waals surface area contributed by atoms with Gasteiger partial charge in [-0.05, 0) is 112 Å². The monoisotopic (exact) mass is 1340 g/mol. The largest absolute Gasteiger partial charge is 0.508 e. The van der Waals surface area contributed by atoms with Crippen molar-refractivity contribution in [1.29, 1.82) is 0 Å². The van der Waals surface area contributed by atoms with Gasteiger partial charge in [-0.1, -0.05) is 74.9 Å². The van der Waals surface area contributed by atoms with E-state index in [4.69, 9.17) is 17.2 Å². The molecule has 0 spiro atoms. The van der Waals surface area contributed by atoms with Gasteiger partial charge in [-0.25, -0.2) is 4.79 Å². The number of nitrogens with zero attached hydrogens (tertiary/aromatic N) is 2. The van der Waals surface area contributed by atoms with Crippen LogP contribution >= 0.6 is 0 Å². The van der Waals surface area contributed by atoms with Crippen LogP contribution in [0.4, 0.5) is 0 Å². The summed E-state index contributed by atoms with van der Waals surface area (Å²) < 4.78 is 0. The minimum Gasteiger partial charge on any atom is -0.508 e. The molecule has 0 saturated carbocycles. The van der Waals surface area contributed by atoms with E-state index in [1.807, 2.05) is 0 Å². The molecule has 3 aromatic rings. The second kappa shape index (κ2) is 40.0. The van der Waals surface area contributed by atoms with Crippen LogP contribution < -0.4 is 70.4 Å². The lowest BCUT2D eigenvalue weighted by Gasteiger charge is -2.30. The van der Waals surface area contributed by atoms with Gasteiger partial charge in [-0.2, -0.15) is 0 Å². The molecule has 3 aromatic carbocycles. The number of unbranched alkanes of at least 4 members (excludes halogenated alkanes) is 1. The van der Waals surface area contributed by atoms with Gasteiger partial charge >= 0.3 is 11.9 Å². The molecular formula is C64H91N15O17. The fraction of sp³-hybridized carbons (Fsp3) is 0.500. The third-order valence-electron chi connectivity index (χ3n) is 15.7. The van der Waals surface area contributed by atoms with E-state index >= 15 is 0 Å². The number of nitrogens with two attached hydrogens (primary N) is 3. The number of carboxylic acids is 2. The molecule has 1 unspecified atom stereocenters. The lowest BCUT2D eigenvalue weighted by Crippen LogP contribution is -2.61. The van der Waals surface area contributed by atoms with Crippen molar-refractivity contribution in [2.24, 2.45) is 28.1 Å². The molecule has 4 rings (SSSR count). The zero-order valence-corrected chi connectivity index (χ0v) is 54.2. The van der Waals surface area contributed by atoms with E-state index in [-0.39, 0.29) is 81.9 Å². The summed E-state index contributed by atoms with van der Waals surface area (Å²) >= 11 is 0. The Labute approximate surface area is 555 Å². The van der Waals surface area contributed by atoms with Gasteiger partial charge in [-0.3, -0.25) is 62.5 Å². The van der Waals surface area contributed by atoms with Crippen LogP contribution in [0.1, 0.15) is 109 Å². The zero-order chi connectivity index (χ0) is 71.0. The molecule has 96 heavy (non-hydrogen) atoms. The molecular weight excluding hydrogens is 1250 g/mol. The molecule has 1 heterocycles. The Hall–Kier alpha value is -10.4. The normalized spacial score (nSPS) is 15.3. The van der Waals surface area contributed by atoms with Crippen LogP contribution in [-0.4, -0.2) is 195 Å². The highest BCUT2D eigenvalue weighted by Crippen LogP contribution is 2.22. The van der Waals surface area contributed by atoms with Crippen molar-refractivity contribution in [3.8, 4) is 11.5 Å². The van der Waals surface area contributed by atoms with Gasteiger partial charge in [0.15, 0.2) is 5.96 Å². The van der Waals surface area contributed by atoms with Crippen molar-refractivity contribution in [1.82, 2.24) is 58.1 Å². The first kappa shape index (κ1) is 78.0. The molecule has 11 amide bonds. The number of amides is 11. The molecule has 0 aromatic heterocycles. The molecule has 0 radical (unpaired) electrons. The maximum absolute atomic E-state index is 14.5. The van der Waals surface area contributed by atoms with Gasteiger partial charge in [0.2, 0.25) is 65.0 Å². The standard InChI is InChI=1S/C64H91N15O17/c1-5-36(2)54(61(93)75-45(26-27-53(85)86)57(89)77-49(63(95)96)33-41-20-24-43(82)25-21-41)78-59(91)48(31-39-13-7-6-8-14-39)76-55(87)37(3)71-58(90)47(32-40-18-22-42(81)23-19-40)73-52(84)35-70-56(88)44(16-11-29-68-64(66)67)74-60(92)50-17-12-30-79(50)62(94)46(15-9-10-28-65)72-51(83)34-69-38(4)80/h6-8,13-14,18-25,36-37,44-50,54,81-82H,5,9-12,15-17,26-35,65H2,1-4H3,(H,69,80)(H,70,88)(H,71,90)(H,72,83)(H,73,84)(H,74,92)(H,75,93)(H,76,87)(H,77,89)(H,78,91)(H,85,86)(H,95,96)(H4,66,67,68)/t36?,37-,44-,45-,46-,47-,48-,49-,50-,54-/m0/s1. The van der Waals surface area contributed by atoms with Crippen molar-refractivity contribution in [2.45, 2.75) is 166 Å². The zero-order valence-electron chi connectivity index (χ0n) is 54.2. The number of nitrogens with one attached hydrogen (secondary N) is 10. The molecule has 524 valence electrons. The Balaban J connectivity index is 1.52. The number of hydrogen-bond donors (Lipinski definition) is 17. The summed E-state index contributed by atoms with van der Waals surface area (Å²) in [6.07, 6.45) is 0.352. The van der Waals surface area contributed by atoms with Crippen LogP contribution in [0.15, 0.2) is 83.9 Å². The number of benzene rings is 3. The molecule has 1 saturated heterocycles. The molecule has 1 aliphatic rings. The van der Waals surface area contributed by atoms with Gasteiger partial charge in [0, 0.05) is 45.7 Å². The number of phenols is 2.